The minimum atomic E-state index is 0.119. The largest absolute Gasteiger partial charge is 0.355 e. The third-order valence-electron chi connectivity index (χ3n) is 3.97. The van der Waals surface area contributed by atoms with Crippen molar-refractivity contribution in [3.05, 3.63) is 18.6 Å². The summed E-state index contributed by atoms with van der Waals surface area (Å²) in [7, 11) is 0. The van der Waals surface area contributed by atoms with E-state index >= 15 is 0 Å². The molecule has 5 nitrogen and oxygen atoms in total. The molecule has 3 rings (SSSR count). The fraction of sp³-hybridized carbons (Fsp3) is 0.643. The van der Waals surface area contributed by atoms with Crippen molar-refractivity contribution in [1.82, 2.24) is 14.9 Å². The van der Waals surface area contributed by atoms with Crippen molar-refractivity contribution >= 4 is 23.5 Å². The van der Waals surface area contributed by atoms with Gasteiger partial charge in [-0.05, 0) is 12.8 Å². The minimum Gasteiger partial charge on any atom is -0.355 e. The van der Waals surface area contributed by atoms with Crippen molar-refractivity contribution in [2.75, 3.05) is 42.6 Å². The number of thioether (sulfide) groups is 1. The van der Waals surface area contributed by atoms with Gasteiger partial charge in [-0.25, -0.2) is 4.98 Å². The summed E-state index contributed by atoms with van der Waals surface area (Å²) < 4.78 is 0. The fourth-order valence-electron chi connectivity index (χ4n) is 2.88. The highest BCUT2D eigenvalue weighted by atomic mass is 32.2. The second-order valence-electron chi connectivity index (χ2n) is 5.29. The molecular formula is C14H20N4OS. The number of hydrogen-bond donors (Lipinski definition) is 0. The monoisotopic (exact) mass is 292 g/mol. The van der Waals surface area contributed by atoms with Crippen LogP contribution in [-0.4, -0.2) is 58.5 Å². The SMILES string of the molecule is O=C([C@H]1CCCN(c2cnccn2)C1)N1CCSCC1. The van der Waals surface area contributed by atoms with E-state index in [9.17, 15) is 4.79 Å². The average Bonchev–Trinajstić information content (AvgIpc) is 2.56. The first-order chi connectivity index (χ1) is 9.84. The number of amides is 1. The Kier molecular flexibility index (Phi) is 4.40. The van der Waals surface area contributed by atoms with Crippen molar-refractivity contribution in [1.29, 1.82) is 0 Å². The third-order valence-corrected chi connectivity index (χ3v) is 4.91. The molecule has 0 radical (unpaired) electrons. The summed E-state index contributed by atoms with van der Waals surface area (Å²) in [6.07, 6.45) is 7.23. The molecule has 0 spiro atoms. The van der Waals surface area contributed by atoms with E-state index in [1.165, 1.54) is 0 Å². The zero-order valence-electron chi connectivity index (χ0n) is 11.6. The van der Waals surface area contributed by atoms with Gasteiger partial charge in [0.05, 0.1) is 12.1 Å². The number of carbonyl (C=O) groups excluding carboxylic acids is 1. The van der Waals surface area contributed by atoms with Crippen LogP contribution in [0, 0.1) is 5.92 Å². The van der Waals surface area contributed by atoms with Gasteiger partial charge in [-0.15, -0.1) is 0 Å². The molecule has 2 aliphatic heterocycles. The summed E-state index contributed by atoms with van der Waals surface area (Å²) >= 11 is 1.94. The van der Waals surface area contributed by atoms with Gasteiger partial charge in [-0.2, -0.15) is 11.8 Å². The normalized spacial score (nSPS) is 23.7. The summed E-state index contributed by atoms with van der Waals surface area (Å²) in [4.78, 5) is 25.3. The van der Waals surface area contributed by atoms with Crippen molar-refractivity contribution in [3.8, 4) is 0 Å². The topological polar surface area (TPSA) is 49.3 Å². The second-order valence-corrected chi connectivity index (χ2v) is 6.51. The lowest BCUT2D eigenvalue weighted by atomic mass is 9.96. The lowest BCUT2D eigenvalue weighted by Crippen LogP contribution is -2.47. The van der Waals surface area contributed by atoms with Crippen LogP contribution in [0.15, 0.2) is 18.6 Å². The van der Waals surface area contributed by atoms with Crippen LogP contribution >= 0.6 is 11.8 Å². The first-order valence-corrected chi connectivity index (χ1v) is 8.37. The van der Waals surface area contributed by atoms with E-state index in [1.54, 1.807) is 18.6 Å². The van der Waals surface area contributed by atoms with Crippen LogP contribution < -0.4 is 4.90 Å². The molecule has 0 aliphatic carbocycles. The van der Waals surface area contributed by atoms with Crippen molar-refractivity contribution in [2.24, 2.45) is 5.92 Å². The Morgan fingerprint density at radius 3 is 2.85 bits per heavy atom. The van der Waals surface area contributed by atoms with Crippen LogP contribution in [0.1, 0.15) is 12.8 Å². The molecule has 0 saturated carbocycles. The molecule has 1 amide bonds. The zero-order valence-corrected chi connectivity index (χ0v) is 12.4. The molecule has 108 valence electrons. The average molecular weight is 292 g/mol. The summed E-state index contributed by atoms with van der Waals surface area (Å²) in [5.41, 5.74) is 0. The van der Waals surface area contributed by atoms with Gasteiger partial charge in [0.2, 0.25) is 5.91 Å². The number of hydrogen-bond acceptors (Lipinski definition) is 5. The van der Waals surface area contributed by atoms with Gasteiger partial charge in [0.1, 0.15) is 5.82 Å². The number of anilines is 1. The third kappa shape index (κ3) is 3.06. The molecule has 0 unspecified atom stereocenters. The first-order valence-electron chi connectivity index (χ1n) is 7.22. The van der Waals surface area contributed by atoms with Crippen molar-refractivity contribution in [2.45, 2.75) is 12.8 Å². The Hall–Kier alpha value is -1.30. The highest BCUT2D eigenvalue weighted by Gasteiger charge is 2.30. The number of piperidine rings is 1. The summed E-state index contributed by atoms with van der Waals surface area (Å²) in [5.74, 6) is 3.49. The Balaban J connectivity index is 1.64. The van der Waals surface area contributed by atoms with E-state index in [0.29, 0.717) is 5.91 Å². The fourth-order valence-corrected chi connectivity index (χ4v) is 3.79. The summed E-state index contributed by atoms with van der Waals surface area (Å²) in [5, 5.41) is 0. The highest BCUT2D eigenvalue weighted by molar-refractivity contribution is 7.99. The number of carbonyl (C=O) groups is 1. The van der Waals surface area contributed by atoms with Gasteiger partial charge >= 0.3 is 0 Å². The molecule has 3 heterocycles. The predicted octanol–water partition coefficient (Wildman–Crippen LogP) is 1.27. The quantitative estimate of drug-likeness (QED) is 0.821. The maximum Gasteiger partial charge on any atom is 0.227 e. The zero-order chi connectivity index (χ0) is 13.8. The Labute approximate surface area is 123 Å². The Morgan fingerprint density at radius 2 is 2.10 bits per heavy atom. The first kappa shape index (κ1) is 13.7. The standard InChI is InChI=1S/C14H20N4OS/c19-14(17-6-8-20-9-7-17)12-2-1-5-18(11-12)13-10-15-3-4-16-13/h3-4,10,12H,1-2,5-9,11H2/t12-/m0/s1. The van der Waals surface area contributed by atoms with Crippen LogP contribution in [0.5, 0.6) is 0 Å². The van der Waals surface area contributed by atoms with Gasteiger partial charge in [-0.1, -0.05) is 0 Å². The molecule has 0 bridgehead atoms. The second kappa shape index (κ2) is 6.43. The molecule has 20 heavy (non-hydrogen) atoms. The predicted molar refractivity (Wildman–Crippen MR) is 80.9 cm³/mol. The van der Waals surface area contributed by atoms with E-state index < -0.39 is 0 Å². The summed E-state index contributed by atoms with van der Waals surface area (Å²) in [6.45, 7) is 3.57. The molecule has 6 heteroatoms. The molecule has 1 aromatic heterocycles. The van der Waals surface area contributed by atoms with Crippen molar-refractivity contribution in [3.63, 3.8) is 0 Å². The molecule has 0 N–H and O–H groups in total. The van der Waals surface area contributed by atoms with Gasteiger partial charge < -0.3 is 9.80 Å². The van der Waals surface area contributed by atoms with Gasteiger partial charge in [0.15, 0.2) is 0 Å². The van der Waals surface area contributed by atoms with E-state index in [0.717, 1.165) is 56.3 Å². The molecular weight excluding hydrogens is 272 g/mol. The van der Waals surface area contributed by atoms with E-state index in [4.69, 9.17) is 0 Å². The number of aromatic nitrogens is 2. The maximum atomic E-state index is 12.6. The molecule has 1 aromatic rings. The summed E-state index contributed by atoms with van der Waals surface area (Å²) in [6, 6.07) is 0. The van der Waals surface area contributed by atoms with Gasteiger partial charge in [0.25, 0.3) is 0 Å². The Morgan fingerprint density at radius 1 is 1.25 bits per heavy atom. The molecule has 0 aromatic carbocycles. The van der Waals surface area contributed by atoms with Crippen molar-refractivity contribution < 1.29 is 4.79 Å². The van der Waals surface area contributed by atoms with Crippen LogP contribution in [0.25, 0.3) is 0 Å². The van der Waals surface area contributed by atoms with Crippen LogP contribution in [0.3, 0.4) is 0 Å². The van der Waals surface area contributed by atoms with E-state index in [-0.39, 0.29) is 5.92 Å². The number of nitrogens with zero attached hydrogens (tertiary/aromatic N) is 4. The number of rotatable bonds is 2. The minimum absolute atomic E-state index is 0.119. The highest BCUT2D eigenvalue weighted by Crippen LogP contribution is 2.23. The molecule has 2 aliphatic rings. The maximum absolute atomic E-state index is 12.6. The lowest BCUT2D eigenvalue weighted by Gasteiger charge is -2.36. The van der Waals surface area contributed by atoms with E-state index in [2.05, 4.69) is 14.9 Å². The van der Waals surface area contributed by atoms with Gasteiger partial charge in [-0.3, -0.25) is 9.78 Å². The van der Waals surface area contributed by atoms with E-state index in [1.807, 2.05) is 16.7 Å². The smallest absolute Gasteiger partial charge is 0.227 e. The lowest BCUT2D eigenvalue weighted by molar-refractivity contribution is -0.135. The van der Waals surface area contributed by atoms with Crippen LogP contribution in [0.4, 0.5) is 5.82 Å². The van der Waals surface area contributed by atoms with Gasteiger partial charge in [0, 0.05) is 50.1 Å². The van der Waals surface area contributed by atoms with Crippen LogP contribution in [-0.2, 0) is 4.79 Å². The molecule has 2 saturated heterocycles. The van der Waals surface area contributed by atoms with Crippen LogP contribution in [0.2, 0.25) is 0 Å². The molecule has 1 atom stereocenters. The molecule has 2 fully saturated rings. The Bertz CT molecular complexity index is 450.